The minimum atomic E-state index is -1.54. The number of benzene rings is 2. The van der Waals surface area contributed by atoms with Crippen LogP contribution in [0.4, 0.5) is 25.8 Å². The van der Waals surface area contributed by atoms with E-state index in [0.29, 0.717) is 36.9 Å². The van der Waals surface area contributed by atoms with Gasteiger partial charge in [-0.1, -0.05) is 6.07 Å². The highest BCUT2D eigenvalue weighted by atomic mass is 127. The number of hydrogen-bond donors (Lipinski definition) is 1. The number of carbonyl (C=O) groups is 1. The molecule has 0 radical (unpaired) electrons. The van der Waals surface area contributed by atoms with Gasteiger partial charge in [0.05, 0.1) is 11.3 Å². The van der Waals surface area contributed by atoms with E-state index in [4.69, 9.17) is 0 Å². The Hall–Kier alpha value is -2.16. The van der Waals surface area contributed by atoms with Crippen LogP contribution in [0.5, 0.6) is 0 Å². The largest absolute Gasteiger partial charge is 0.371 e. The zero-order chi connectivity index (χ0) is 23.0. The molecule has 0 aromatic heterocycles. The van der Waals surface area contributed by atoms with Gasteiger partial charge in [0.25, 0.3) is 12.0 Å². The zero-order valence-corrected chi connectivity index (χ0v) is 20.7. The second kappa shape index (κ2) is 9.24. The van der Waals surface area contributed by atoms with Crippen LogP contribution in [0.15, 0.2) is 54.1 Å². The number of amides is 1. The number of nitrogens with one attached hydrogen (secondary N) is 1. The van der Waals surface area contributed by atoms with Gasteiger partial charge < -0.3 is 15.1 Å². The lowest BCUT2D eigenvalue weighted by atomic mass is 9.93. The van der Waals surface area contributed by atoms with Crippen molar-refractivity contribution in [3.63, 3.8) is 0 Å². The molecule has 1 aliphatic carbocycles. The predicted molar refractivity (Wildman–Crippen MR) is 137 cm³/mol. The summed E-state index contributed by atoms with van der Waals surface area (Å²) >= 11 is 2.30. The van der Waals surface area contributed by atoms with E-state index in [9.17, 15) is 13.6 Å². The number of piperidine rings is 2. The molecule has 1 N–H and O–H groups in total. The zero-order valence-electron chi connectivity index (χ0n) is 18.5. The van der Waals surface area contributed by atoms with E-state index in [0.717, 1.165) is 33.7 Å². The summed E-state index contributed by atoms with van der Waals surface area (Å²) in [4.78, 5) is 17.7. The van der Waals surface area contributed by atoms with Crippen molar-refractivity contribution in [1.82, 2.24) is 0 Å². The van der Waals surface area contributed by atoms with Gasteiger partial charge in [-0.15, -0.1) is 0 Å². The van der Waals surface area contributed by atoms with E-state index < -0.39 is 6.08 Å². The second-order valence-electron chi connectivity index (χ2n) is 9.50. The summed E-state index contributed by atoms with van der Waals surface area (Å²) in [6.07, 6.45) is 4.35. The smallest absolute Gasteiger partial charge is 0.269 e. The molecule has 5 rings (SSSR count). The molecule has 7 heteroatoms. The predicted octanol–water partition coefficient (Wildman–Crippen LogP) is 6.67. The fraction of sp³-hybridized carbons (Fsp3) is 0.423. The van der Waals surface area contributed by atoms with E-state index in [-0.39, 0.29) is 11.5 Å². The third-order valence-electron chi connectivity index (χ3n) is 7.43. The summed E-state index contributed by atoms with van der Waals surface area (Å²) in [5, 5.41) is 3.07. The standard InChI is InChI=1S/C26H28F2IN3O/c27-24(28)18-6-12-31(13-7-18)21-3-1-2-20(17-21)30-25(33)22-5-4-19(29)16-23(22)32-14-10-26(8-9-26)11-15-32/h1-5,16-17H,6-15H2,(H,30,33). The molecule has 3 fully saturated rings. The summed E-state index contributed by atoms with van der Waals surface area (Å²) in [7, 11) is 0. The SMILES string of the molecule is O=C(Nc1cccc(N2CCC(=C(F)F)CC2)c1)c1ccc(I)cc1N1CCC2(CC1)CC2. The first-order chi connectivity index (χ1) is 15.9. The Kier molecular flexibility index (Phi) is 6.33. The Balaban J connectivity index is 1.30. The maximum atomic E-state index is 13.3. The maximum absolute atomic E-state index is 13.3. The third-order valence-corrected chi connectivity index (χ3v) is 8.10. The average Bonchev–Trinajstić information content (AvgIpc) is 3.58. The average molecular weight is 563 g/mol. The van der Waals surface area contributed by atoms with Gasteiger partial charge in [0, 0.05) is 41.1 Å². The molecule has 2 saturated heterocycles. The molecule has 1 spiro atoms. The molecule has 2 aliphatic heterocycles. The highest BCUT2D eigenvalue weighted by molar-refractivity contribution is 14.1. The van der Waals surface area contributed by atoms with Gasteiger partial charge in [0.1, 0.15) is 0 Å². The fourth-order valence-electron chi connectivity index (χ4n) is 5.06. The number of hydrogen-bond acceptors (Lipinski definition) is 3. The van der Waals surface area contributed by atoms with E-state index in [1.165, 1.54) is 25.7 Å². The lowest BCUT2D eigenvalue weighted by Gasteiger charge is -2.35. The van der Waals surface area contributed by atoms with Crippen molar-refractivity contribution in [2.24, 2.45) is 5.41 Å². The molecular formula is C26H28F2IN3O. The Bertz CT molecular complexity index is 1070. The highest BCUT2D eigenvalue weighted by Crippen LogP contribution is 2.54. The van der Waals surface area contributed by atoms with Crippen LogP contribution < -0.4 is 15.1 Å². The molecule has 4 nitrogen and oxygen atoms in total. The maximum Gasteiger partial charge on any atom is 0.269 e. The summed E-state index contributed by atoms with van der Waals surface area (Å²) in [6.45, 7) is 3.12. The Morgan fingerprint density at radius 3 is 2.30 bits per heavy atom. The van der Waals surface area contributed by atoms with Gasteiger partial charge in [0.15, 0.2) is 0 Å². The summed E-state index contributed by atoms with van der Waals surface area (Å²) in [5.74, 6) is -0.117. The minimum absolute atomic E-state index is 0.117. The van der Waals surface area contributed by atoms with Crippen LogP contribution in [-0.4, -0.2) is 32.1 Å². The van der Waals surface area contributed by atoms with Gasteiger partial charge >= 0.3 is 0 Å². The van der Waals surface area contributed by atoms with Crippen molar-refractivity contribution < 1.29 is 13.6 Å². The monoisotopic (exact) mass is 563 g/mol. The van der Waals surface area contributed by atoms with Crippen molar-refractivity contribution in [2.45, 2.75) is 38.5 Å². The van der Waals surface area contributed by atoms with E-state index in [1.807, 2.05) is 36.4 Å². The summed E-state index contributed by atoms with van der Waals surface area (Å²) < 4.78 is 26.8. The van der Waals surface area contributed by atoms with Crippen LogP contribution >= 0.6 is 22.6 Å². The van der Waals surface area contributed by atoms with Gasteiger partial charge in [-0.2, -0.15) is 8.78 Å². The van der Waals surface area contributed by atoms with E-state index >= 15 is 0 Å². The van der Waals surface area contributed by atoms with Crippen LogP contribution in [0, 0.1) is 8.99 Å². The van der Waals surface area contributed by atoms with Crippen LogP contribution in [0.1, 0.15) is 48.9 Å². The molecule has 2 heterocycles. The summed E-state index contributed by atoms with van der Waals surface area (Å²) in [5.41, 5.74) is 4.21. The molecule has 2 aromatic rings. The molecule has 1 saturated carbocycles. The molecule has 0 atom stereocenters. The van der Waals surface area contributed by atoms with Crippen LogP contribution in [-0.2, 0) is 0 Å². The van der Waals surface area contributed by atoms with Crippen molar-refractivity contribution in [3.05, 3.63) is 63.3 Å². The lowest BCUT2D eigenvalue weighted by molar-refractivity contribution is 0.102. The Morgan fingerprint density at radius 1 is 0.909 bits per heavy atom. The molecule has 0 unspecified atom stereocenters. The normalized spacial score (nSPS) is 19.5. The van der Waals surface area contributed by atoms with Crippen molar-refractivity contribution in [2.75, 3.05) is 41.3 Å². The van der Waals surface area contributed by atoms with E-state index in [2.05, 4.69) is 43.8 Å². The van der Waals surface area contributed by atoms with Gasteiger partial charge in [-0.3, -0.25) is 4.79 Å². The molecule has 3 aliphatic rings. The Labute approximate surface area is 207 Å². The molecule has 0 bridgehead atoms. The molecule has 1 amide bonds. The number of halogens is 3. The first-order valence-electron chi connectivity index (χ1n) is 11.7. The van der Waals surface area contributed by atoms with E-state index in [1.54, 1.807) is 0 Å². The van der Waals surface area contributed by atoms with Crippen molar-refractivity contribution >= 4 is 45.6 Å². The summed E-state index contributed by atoms with van der Waals surface area (Å²) in [6, 6.07) is 13.7. The molecular weight excluding hydrogens is 535 g/mol. The van der Waals surface area contributed by atoms with Crippen LogP contribution in [0.2, 0.25) is 0 Å². The minimum Gasteiger partial charge on any atom is -0.371 e. The first kappa shape index (κ1) is 22.6. The fourth-order valence-corrected chi connectivity index (χ4v) is 5.53. The number of anilines is 3. The number of carbonyl (C=O) groups excluding carboxylic acids is 1. The molecule has 2 aromatic carbocycles. The van der Waals surface area contributed by atoms with Gasteiger partial charge in [-0.05, 0) is 109 Å². The van der Waals surface area contributed by atoms with Crippen molar-refractivity contribution in [3.8, 4) is 0 Å². The Morgan fingerprint density at radius 2 is 1.64 bits per heavy atom. The number of rotatable bonds is 4. The number of nitrogens with zero attached hydrogens (tertiary/aromatic N) is 2. The van der Waals surface area contributed by atoms with Gasteiger partial charge in [0.2, 0.25) is 0 Å². The van der Waals surface area contributed by atoms with Gasteiger partial charge in [-0.25, -0.2) is 0 Å². The highest BCUT2D eigenvalue weighted by Gasteiger charge is 2.44. The topological polar surface area (TPSA) is 35.6 Å². The molecule has 174 valence electrons. The van der Waals surface area contributed by atoms with Crippen molar-refractivity contribution in [1.29, 1.82) is 0 Å². The molecule has 33 heavy (non-hydrogen) atoms. The second-order valence-corrected chi connectivity index (χ2v) is 10.7. The van der Waals surface area contributed by atoms with Crippen LogP contribution in [0.3, 0.4) is 0 Å². The third kappa shape index (κ3) is 5.03. The first-order valence-corrected chi connectivity index (χ1v) is 12.7. The lowest BCUT2D eigenvalue weighted by Crippen LogP contribution is -2.35. The quantitative estimate of drug-likeness (QED) is 0.422. The van der Waals surface area contributed by atoms with Crippen LogP contribution in [0.25, 0.3) is 0 Å².